The molecule has 6 nitrogen and oxygen atoms in total. The van der Waals surface area contributed by atoms with Crippen LogP contribution in [0.15, 0.2) is 6.20 Å². The molecule has 0 amide bonds. The average molecular weight is 308 g/mol. The van der Waals surface area contributed by atoms with Crippen LogP contribution in [-0.4, -0.2) is 50.1 Å². The van der Waals surface area contributed by atoms with Crippen molar-refractivity contribution >= 4 is 0 Å². The highest BCUT2D eigenvalue weighted by Gasteiger charge is 2.39. The lowest BCUT2D eigenvalue weighted by molar-refractivity contribution is -0.202. The minimum Gasteiger partial charge on any atom is -0.390 e. The summed E-state index contributed by atoms with van der Waals surface area (Å²) in [4.78, 5) is 0. The molecule has 1 aliphatic carbocycles. The maximum Gasteiger partial charge on any atom is 0.415 e. The van der Waals surface area contributed by atoms with E-state index in [9.17, 15) is 13.2 Å². The number of nitrogens with one attached hydrogen (secondary N) is 1. The largest absolute Gasteiger partial charge is 0.415 e. The van der Waals surface area contributed by atoms with Crippen LogP contribution in [0.1, 0.15) is 37.4 Å². The van der Waals surface area contributed by atoms with Crippen molar-refractivity contribution in [3.63, 3.8) is 0 Å². The molecule has 2 rings (SSSR count). The van der Waals surface area contributed by atoms with E-state index in [0.29, 0.717) is 12.1 Å². The number of aliphatic hydroxyl groups is 2. The summed E-state index contributed by atoms with van der Waals surface area (Å²) in [6.45, 7) is -0.760. The van der Waals surface area contributed by atoms with Crippen molar-refractivity contribution in [1.82, 2.24) is 20.3 Å². The van der Waals surface area contributed by atoms with Gasteiger partial charge >= 0.3 is 6.18 Å². The highest BCUT2D eigenvalue weighted by molar-refractivity contribution is 4.94. The highest BCUT2D eigenvalue weighted by atomic mass is 19.4. The number of halogens is 3. The standard InChI is InChI=1S/C12H19F3N4O2/c13-12(14,15)11(21)5-16-9-3-1-2-4-10(9)19-6-8(7-20)17-18-19/h6,9-11,16,20-21H,1-5,7H2/t9-,10+,11?/m0/s1. The third-order valence-corrected chi connectivity index (χ3v) is 3.74. The van der Waals surface area contributed by atoms with Crippen LogP contribution in [0, 0.1) is 0 Å². The van der Waals surface area contributed by atoms with Gasteiger partial charge in [0.1, 0.15) is 5.69 Å². The molecule has 0 bridgehead atoms. The molecule has 0 radical (unpaired) electrons. The molecule has 3 N–H and O–H groups in total. The molecule has 0 spiro atoms. The van der Waals surface area contributed by atoms with E-state index in [4.69, 9.17) is 10.2 Å². The van der Waals surface area contributed by atoms with E-state index in [2.05, 4.69) is 15.6 Å². The van der Waals surface area contributed by atoms with Gasteiger partial charge in [0.15, 0.2) is 6.10 Å². The summed E-state index contributed by atoms with van der Waals surface area (Å²) in [5.41, 5.74) is 0.426. The first-order valence-corrected chi connectivity index (χ1v) is 6.91. The van der Waals surface area contributed by atoms with Gasteiger partial charge < -0.3 is 15.5 Å². The number of aliphatic hydroxyl groups excluding tert-OH is 2. The molecule has 9 heteroatoms. The van der Waals surface area contributed by atoms with Crippen molar-refractivity contribution in [1.29, 1.82) is 0 Å². The Bertz CT molecular complexity index is 452. The van der Waals surface area contributed by atoms with Crippen molar-refractivity contribution in [3.05, 3.63) is 11.9 Å². The Kier molecular flexibility index (Phi) is 5.17. The Labute approximate surface area is 120 Å². The van der Waals surface area contributed by atoms with E-state index in [1.165, 1.54) is 0 Å². The van der Waals surface area contributed by atoms with Gasteiger partial charge in [0, 0.05) is 12.6 Å². The zero-order chi connectivity index (χ0) is 15.5. The quantitative estimate of drug-likeness (QED) is 0.748. The molecular weight excluding hydrogens is 289 g/mol. The summed E-state index contributed by atoms with van der Waals surface area (Å²) < 4.78 is 38.6. The molecule has 1 aliphatic rings. The smallest absolute Gasteiger partial charge is 0.390 e. The second-order valence-electron chi connectivity index (χ2n) is 5.27. The Balaban J connectivity index is 1.99. The zero-order valence-corrected chi connectivity index (χ0v) is 11.4. The van der Waals surface area contributed by atoms with Gasteiger partial charge in [-0.15, -0.1) is 5.10 Å². The Hall–Kier alpha value is -1.19. The van der Waals surface area contributed by atoms with E-state index in [1.807, 2.05) is 0 Å². The number of hydrogen-bond donors (Lipinski definition) is 3. The number of hydrogen-bond acceptors (Lipinski definition) is 5. The minimum atomic E-state index is -4.62. The maximum atomic E-state index is 12.3. The summed E-state index contributed by atoms with van der Waals surface area (Å²) in [6.07, 6.45) is -2.03. The van der Waals surface area contributed by atoms with Gasteiger partial charge in [-0.3, -0.25) is 0 Å². The number of rotatable bonds is 5. The normalized spacial score (nSPS) is 25.0. The topological polar surface area (TPSA) is 83.2 Å². The summed E-state index contributed by atoms with van der Waals surface area (Å²) in [6, 6.07) is -0.323. The van der Waals surface area contributed by atoms with E-state index < -0.39 is 18.8 Å². The zero-order valence-electron chi connectivity index (χ0n) is 11.4. The first-order valence-electron chi connectivity index (χ1n) is 6.91. The summed E-state index contributed by atoms with van der Waals surface area (Å²) in [5, 5.41) is 28.5. The highest BCUT2D eigenvalue weighted by Crippen LogP contribution is 2.28. The van der Waals surface area contributed by atoms with Crippen LogP contribution in [-0.2, 0) is 6.61 Å². The Morgan fingerprint density at radius 3 is 2.71 bits per heavy atom. The Morgan fingerprint density at radius 2 is 2.10 bits per heavy atom. The molecule has 0 aliphatic heterocycles. The van der Waals surface area contributed by atoms with Crippen molar-refractivity contribution < 1.29 is 23.4 Å². The molecule has 0 aromatic carbocycles. The van der Waals surface area contributed by atoms with Gasteiger partial charge in [0.05, 0.1) is 18.8 Å². The lowest BCUT2D eigenvalue weighted by Gasteiger charge is -2.32. The number of aromatic nitrogens is 3. The molecule has 1 unspecified atom stereocenters. The maximum absolute atomic E-state index is 12.3. The van der Waals surface area contributed by atoms with Gasteiger partial charge in [-0.05, 0) is 12.8 Å². The van der Waals surface area contributed by atoms with Crippen LogP contribution < -0.4 is 5.32 Å². The van der Waals surface area contributed by atoms with Crippen molar-refractivity contribution in [3.8, 4) is 0 Å². The lowest BCUT2D eigenvalue weighted by atomic mass is 9.90. The third-order valence-electron chi connectivity index (χ3n) is 3.74. The number of nitrogens with zero attached hydrogens (tertiary/aromatic N) is 3. The molecule has 21 heavy (non-hydrogen) atoms. The SMILES string of the molecule is OCc1cn([C@@H]2CCCC[C@@H]2NCC(O)C(F)(F)F)nn1. The molecule has 1 aromatic heterocycles. The van der Waals surface area contributed by atoms with Crippen LogP contribution in [0.25, 0.3) is 0 Å². The van der Waals surface area contributed by atoms with Gasteiger partial charge in [0.2, 0.25) is 0 Å². The van der Waals surface area contributed by atoms with Gasteiger partial charge in [-0.2, -0.15) is 13.2 Å². The predicted molar refractivity (Wildman–Crippen MR) is 67.3 cm³/mol. The van der Waals surface area contributed by atoms with Gasteiger partial charge in [-0.1, -0.05) is 18.1 Å². The van der Waals surface area contributed by atoms with Crippen LogP contribution in [0.3, 0.4) is 0 Å². The molecule has 120 valence electrons. The van der Waals surface area contributed by atoms with E-state index in [-0.39, 0.29) is 18.7 Å². The lowest BCUT2D eigenvalue weighted by Crippen LogP contribution is -2.46. The molecular formula is C12H19F3N4O2. The van der Waals surface area contributed by atoms with Gasteiger partial charge in [0.25, 0.3) is 0 Å². The molecule has 3 atom stereocenters. The monoisotopic (exact) mass is 308 g/mol. The predicted octanol–water partition coefficient (Wildman–Crippen LogP) is 0.767. The first kappa shape index (κ1) is 16.2. The fourth-order valence-electron chi connectivity index (χ4n) is 2.59. The molecule has 1 heterocycles. The second-order valence-corrected chi connectivity index (χ2v) is 5.27. The minimum absolute atomic E-state index is 0.119. The van der Waals surface area contributed by atoms with Crippen LogP contribution in [0.5, 0.6) is 0 Å². The second kappa shape index (κ2) is 6.71. The average Bonchev–Trinajstić information content (AvgIpc) is 2.92. The molecule has 0 saturated heterocycles. The van der Waals surface area contributed by atoms with Gasteiger partial charge in [-0.25, -0.2) is 4.68 Å². The van der Waals surface area contributed by atoms with E-state index >= 15 is 0 Å². The van der Waals surface area contributed by atoms with Crippen LogP contribution >= 0.6 is 0 Å². The van der Waals surface area contributed by atoms with Crippen molar-refractivity contribution in [2.75, 3.05) is 6.54 Å². The molecule has 1 saturated carbocycles. The third kappa shape index (κ3) is 4.14. The van der Waals surface area contributed by atoms with Crippen molar-refractivity contribution in [2.24, 2.45) is 0 Å². The summed E-state index contributed by atoms with van der Waals surface area (Å²) in [5.74, 6) is 0. The van der Waals surface area contributed by atoms with Crippen LogP contribution in [0.4, 0.5) is 13.2 Å². The van der Waals surface area contributed by atoms with E-state index in [1.54, 1.807) is 10.9 Å². The Morgan fingerprint density at radius 1 is 1.38 bits per heavy atom. The summed E-state index contributed by atoms with van der Waals surface area (Å²) >= 11 is 0. The fourth-order valence-corrected chi connectivity index (χ4v) is 2.59. The molecule has 1 fully saturated rings. The summed E-state index contributed by atoms with van der Waals surface area (Å²) in [7, 11) is 0. The molecule has 1 aromatic rings. The van der Waals surface area contributed by atoms with Crippen molar-refractivity contribution in [2.45, 2.75) is 56.7 Å². The fraction of sp³-hybridized carbons (Fsp3) is 0.833. The van der Waals surface area contributed by atoms with E-state index in [0.717, 1.165) is 19.3 Å². The first-order chi connectivity index (χ1) is 9.91. The number of alkyl halides is 3. The van der Waals surface area contributed by atoms with Crippen LogP contribution in [0.2, 0.25) is 0 Å².